The molecule has 0 radical (unpaired) electrons. The molecule has 7 nitrogen and oxygen atoms in total. The van der Waals surface area contributed by atoms with Gasteiger partial charge in [0.1, 0.15) is 5.82 Å². The number of rotatable bonds is 4. The summed E-state index contributed by atoms with van der Waals surface area (Å²) >= 11 is 0. The van der Waals surface area contributed by atoms with Crippen LogP contribution in [-0.2, 0) is 17.1 Å². The van der Waals surface area contributed by atoms with Gasteiger partial charge in [-0.1, -0.05) is 19.3 Å². The second-order valence-corrected chi connectivity index (χ2v) is 7.24. The molecule has 3 rings (SSSR count). The number of hydrogen-bond donors (Lipinski definition) is 1. The van der Waals surface area contributed by atoms with E-state index in [1.165, 1.54) is 48.7 Å². The van der Waals surface area contributed by atoms with Gasteiger partial charge in [-0.2, -0.15) is 8.42 Å². The second kappa shape index (κ2) is 6.04. The van der Waals surface area contributed by atoms with Crippen LogP contribution in [0, 0.1) is 0 Å². The number of nitrogens with one attached hydrogen (secondary N) is 1. The van der Waals surface area contributed by atoms with Gasteiger partial charge in [0, 0.05) is 13.0 Å². The third-order valence-corrected chi connectivity index (χ3v) is 5.39. The first kappa shape index (κ1) is 15.0. The smallest absolute Gasteiger partial charge is 0.279 e. The summed E-state index contributed by atoms with van der Waals surface area (Å²) in [7, 11) is -2.04. The molecule has 1 fully saturated rings. The van der Waals surface area contributed by atoms with E-state index in [4.69, 9.17) is 0 Å². The summed E-state index contributed by atoms with van der Waals surface area (Å²) in [5.41, 5.74) is 0.362. The largest absolute Gasteiger partial charge is 0.323 e. The molecule has 0 amide bonds. The van der Waals surface area contributed by atoms with Gasteiger partial charge in [0.25, 0.3) is 10.0 Å². The van der Waals surface area contributed by atoms with E-state index >= 15 is 0 Å². The third-order valence-electron chi connectivity index (χ3n) is 3.94. The fraction of sp³-hybridized carbons (Fsp3) is 0.500. The van der Waals surface area contributed by atoms with Gasteiger partial charge in [-0.05, 0) is 12.8 Å². The van der Waals surface area contributed by atoms with Crippen LogP contribution in [0.1, 0.15) is 43.8 Å². The Hall–Kier alpha value is -1.96. The van der Waals surface area contributed by atoms with E-state index in [-0.39, 0.29) is 5.03 Å². The van der Waals surface area contributed by atoms with E-state index in [1.54, 1.807) is 7.05 Å². The van der Waals surface area contributed by atoms with E-state index in [9.17, 15) is 8.42 Å². The summed E-state index contributed by atoms with van der Waals surface area (Å²) in [4.78, 5) is 12.5. The summed E-state index contributed by atoms with van der Waals surface area (Å²) < 4.78 is 28.4. The lowest BCUT2D eigenvalue weighted by molar-refractivity contribution is 0.428. The Bertz CT molecular complexity index is 733. The van der Waals surface area contributed by atoms with Crippen molar-refractivity contribution in [2.45, 2.75) is 43.0 Å². The predicted molar refractivity (Wildman–Crippen MR) is 81.9 cm³/mol. The SMILES string of the molecule is Cn1cncc1S(=O)(=O)Nc1cnc(C2CCCCC2)nc1. The fourth-order valence-corrected chi connectivity index (χ4v) is 3.92. The van der Waals surface area contributed by atoms with E-state index in [0.29, 0.717) is 11.6 Å². The van der Waals surface area contributed by atoms with Gasteiger partial charge in [-0.15, -0.1) is 0 Å². The molecule has 1 saturated carbocycles. The lowest BCUT2D eigenvalue weighted by Gasteiger charge is -2.20. The van der Waals surface area contributed by atoms with Crippen LogP contribution in [0.2, 0.25) is 0 Å². The number of aryl methyl sites for hydroxylation is 1. The van der Waals surface area contributed by atoms with Crippen molar-refractivity contribution in [1.29, 1.82) is 0 Å². The van der Waals surface area contributed by atoms with E-state index in [2.05, 4.69) is 19.7 Å². The molecule has 0 saturated heterocycles. The van der Waals surface area contributed by atoms with Crippen LogP contribution < -0.4 is 4.72 Å². The molecule has 118 valence electrons. The lowest BCUT2D eigenvalue weighted by Crippen LogP contribution is -2.17. The van der Waals surface area contributed by atoms with Crippen LogP contribution in [0.25, 0.3) is 0 Å². The van der Waals surface area contributed by atoms with E-state index in [1.807, 2.05) is 0 Å². The first-order chi connectivity index (χ1) is 10.6. The van der Waals surface area contributed by atoms with Crippen LogP contribution in [0.5, 0.6) is 0 Å². The zero-order chi connectivity index (χ0) is 15.6. The van der Waals surface area contributed by atoms with Gasteiger partial charge in [0.15, 0.2) is 5.03 Å². The van der Waals surface area contributed by atoms with Crippen molar-refractivity contribution in [3.8, 4) is 0 Å². The Kier molecular flexibility index (Phi) is 4.10. The van der Waals surface area contributed by atoms with Crippen LogP contribution in [0.4, 0.5) is 5.69 Å². The highest BCUT2D eigenvalue weighted by Gasteiger charge is 2.20. The maximum absolute atomic E-state index is 12.2. The molecule has 8 heteroatoms. The average Bonchev–Trinajstić information content (AvgIpc) is 2.96. The number of sulfonamides is 1. The topological polar surface area (TPSA) is 89.8 Å². The molecule has 0 spiro atoms. The average molecular weight is 321 g/mol. The molecule has 1 N–H and O–H groups in total. The molecular weight excluding hydrogens is 302 g/mol. The highest BCUT2D eigenvalue weighted by atomic mass is 32.2. The lowest BCUT2D eigenvalue weighted by atomic mass is 9.89. The zero-order valence-corrected chi connectivity index (χ0v) is 13.3. The number of imidazole rings is 1. The third kappa shape index (κ3) is 3.11. The highest BCUT2D eigenvalue weighted by molar-refractivity contribution is 7.92. The first-order valence-electron chi connectivity index (χ1n) is 7.37. The molecule has 0 aliphatic heterocycles. The maximum Gasteiger partial charge on any atom is 0.279 e. The van der Waals surface area contributed by atoms with Crippen LogP contribution in [-0.4, -0.2) is 27.9 Å². The standard InChI is InChI=1S/C14H19N5O2S/c1-19-10-15-9-13(19)22(20,21)18-12-7-16-14(17-8-12)11-5-3-2-4-6-11/h7-11,18H,2-6H2,1H3. The Morgan fingerprint density at radius 3 is 2.41 bits per heavy atom. The van der Waals surface area contributed by atoms with Crippen molar-refractivity contribution in [2.24, 2.45) is 7.05 Å². The van der Waals surface area contributed by atoms with Gasteiger partial charge >= 0.3 is 0 Å². The number of nitrogens with zero attached hydrogens (tertiary/aromatic N) is 4. The quantitative estimate of drug-likeness (QED) is 0.931. The van der Waals surface area contributed by atoms with Crippen molar-refractivity contribution < 1.29 is 8.42 Å². The first-order valence-corrected chi connectivity index (χ1v) is 8.85. The molecule has 0 atom stereocenters. The van der Waals surface area contributed by atoms with Crippen molar-refractivity contribution in [3.05, 3.63) is 30.7 Å². The molecule has 22 heavy (non-hydrogen) atoms. The van der Waals surface area contributed by atoms with Crippen LogP contribution in [0.15, 0.2) is 29.9 Å². The van der Waals surface area contributed by atoms with Crippen molar-refractivity contribution in [2.75, 3.05) is 4.72 Å². The Balaban J connectivity index is 1.75. The summed E-state index contributed by atoms with van der Waals surface area (Å²) in [6, 6.07) is 0. The van der Waals surface area contributed by atoms with Crippen molar-refractivity contribution >= 4 is 15.7 Å². The monoisotopic (exact) mass is 321 g/mol. The molecule has 0 bridgehead atoms. The zero-order valence-electron chi connectivity index (χ0n) is 12.4. The van der Waals surface area contributed by atoms with Gasteiger partial charge in [-0.3, -0.25) is 4.72 Å². The van der Waals surface area contributed by atoms with Gasteiger partial charge in [0.2, 0.25) is 0 Å². The minimum atomic E-state index is -3.67. The van der Waals surface area contributed by atoms with Crippen molar-refractivity contribution in [1.82, 2.24) is 19.5 Å². The molecule has 2 aromatic heterocycles. The van der Waals surface area contributed by atoms with Crippen LogP contribution >= 0.6 is 0 Å². The molecule has 1 aliphatic carbocycles. The minimum absolute atomic E-state index is 0.101. The van der Waals surface area contributed by atoms with E-state index in [0.717, 1.165) is 18.7 Å². The molecule has 0 aromatic carbocycles. The Labute approximate surface area is 129 Å². The van der Waals surface area contributed by atoms with Gasteiger partial charge in [0.05, 0.1) is 30.6 Å². The second-order valence-electron chi connectivity index (χ2n) is 5.61. The van der Waals surface area contributed by atoms with Crippen molar-refractivity contribution in [3.63, 3.8) is 0 Å². The Morgan fingerprint density at radius 2 is 1.82 bits per heavy atom. The minimum Gasteiger partial charge on any atom is -0.323 e. The summed E-state index contributed by atoms with van der Waals surface area (Å²) in [6.07, 6.45) is 11.7. The number of anilines is 1. The summed E-state index contributed by atoms with van der Waals surface area (Å²) in [5.74, 6) is 1.21. The summed E-state index contributed by atoms with van der Waals surface area (Å²) in [6.45, 7) is 0. The van der Waals surface area contributed by atoms with Crippen LogP contribution in [0.3, 0.4) is 0 Å². The summed E-state index contributed by atoms with van der Waals surface area (Å²) in [5, 5.41) is 0.101. The van der Waals surface area contributed by atoms with Gasteiger partial charge in [-0.25, -0.2) is 15.0 Å². The number of aromatic nitrogens is 4. The molecule has 2 aromatic rings. The molecule has 2 heterocycles. The normalized spacial score (nSPS) is 16.6. The molecular formula is C14H19N5O2S. The molecule has 1 aliphatic rings. The fourth-order valence-electron chi connectivity index (χ4n) is 2.77. The number of hydrogen-bond acceptors (Lipinski definition) is 5. The highest BCUT2D eigenvalue weighted by Crippen LogP contribution is 2.30. The molecule has 0 unspecified atom stereocenters. The maximum atomic E-state index is 12.2. The Morgan fingerprint density at radius 1 is 1.14 bits per heavy atom. The van der Waals surface area contributed by atoms with E-state index < -0.39 is 10.0 Å². The van der Waals surface area contributed by atoms with Gasteiger partial charge < -0.3 is 4.57 Å². The predicted octanol–water partition coefficient (Wildman–Crippen LogP) is 2.06.